The summed E-state index contributed by atoms with van der Waals surface area (Å²) < 4.78 is 0. The van der Waals surface area contributed by atoms with Crippen LogP contribution in [0.1, 0.15) is 30.9 Å². The molecule has 1 aromatic heterocycles. The molecule has 1 aromatic carbocycles. The first-order valence-electron chi connectivity index (χ1n) is 5.68. The van der Waals surface area contributed by atoms with Crippen LogP contribution >= 0.6 is 0 Å². The molecule has 1 fully saturated rings. The molecule has 78 valence electrons. The van der Waals surface area contributed by atoms with Crippen molar-refractivity contribution < 1.29 is 0 Å². The first-order valence-corrected chi connectivity index (χ1v) is 5.68. The van der Waals surface area contributed by atoms with Crippen molar-refractivity contribution in [3.05, 3.63) is 36.0 Å². The topological polar surface area (TPSA) is 41.8 Å². The molecule has 0 spiro atoms. The summed E-state index contributed by atoms with van der Waals surface area (Å²) in [6.07, 6.45) is 5.92. The lowest BCUT2D eigenvalue weighted by molar-refractivity contribution is 0.265. The molecule has 3 rings (SSSR count). The summed E-state index contributed by atoms with van der Waals surface area (Å²) in [5.41, 5.74) is 8.81. The number of H-pyrrole nitrogens is 1. The van der Waals surface area contributed by atoms with Gasteiger partial charge in [0.05, 0.1) is 0 Å². The molecule has 1 aliphatic carbocycles. The number of aromatic amines is 1. The highest BCUT2D eigenvalue weighted by atomic mass is 14.7. The Hall–Kier alpha value is -1.28. The summed E-state index contributed by atoms with van der Waals surface area (Å²) in [7, 11) is 0. The zero-order valence-corrected chi connectivity index (χ0v) is 8.74. The first kappa shape index (κ1) is 8.98. The van der Waals surface area contributed by atoms with Crippen molar-refractivity contribution in [3.63, 3.8) is 0 Å². The van der Waals surface area contributed by atoms with Gasteiger partial charge < -0.3 is 10.7 Å². The Labute approximate surface area is 89.5 Å². The van der Waals surface area contributed by atoms with Gasteiger partial charge in [-0.2, -0.15) is 0 Å². The molecule has 1 saturated carbocycles. The van der Waals surface area contributed by atoms with E-state index in [9.17, 15) is 0 Å². The van der Waals surface area contributed by atoms with Gasteiger partial charge in [0.25, 0.3) is 0 Å². The second-order valence-corrected chi connectivity index (χ2v) is 4.50. The van der Waals surface area contributed by atoms with Crippen LogP contribution in [0.2, 0.25) is 0 Å². The smallest absolute Gasteiger partial charge is 0.0457 e. The third kappa shape index (κ3) is 1.37. The first-order chi connectivity index (χ1) is 7.36. The molecule has 15 heavy (non-hydrogen) atoms. The van der Waals surface area contributed by atoms with Crippen LogP contribution in [-0.2, 0) is 0 Å². The average molecular weight is 200 g/mol. The summed E-state index contributed by atoms with van der Waals surface area (Å²) in [4.78, 5) is 3.23. The van der Waals surface area contributed by atoms with Crippen LogP contribution in [0, 0.1) is 5.92 Å². The Kier molecular flexibility index (Phi) is 2.03. The molecule has 2 aromatic rings. The number of nitrogens with one attached hydrogen (secondary N) is 1. The summed E-state index contributed by atoms with van der Waals surface area (Å²) in [6.45, 7) is 0. The molecule has 2 nitrogen and oxygen atoms in total. The van der Waals surface area contributed by atoms with Crippen LogP contribution in [0.4, 0.5) is 0 Å². The zero-order valence-electron chi connectivity index (χ0n) is 8.74. The van der Waals surface area contributed by atoms with E-state index in [0.717, 1.165) is 0 Å². The highest BCUT2D eigenvalue weighted by molar-refractivity contribution is 5.83. The van der Waals surface area contributed by atoms with Crippen molar-refractivity contribution in [2.45, 2.75) is 25.3 Å². The third-order valence-corrected chi connectivity index (χ3v) is 3.65. The molecule has 0 saturated heterocycles. The SMILES string of the molecule is N[C@@H](c1cccc2[nH]ccc12)C1CCC1. The Morgan fingerprint density at radius 3 is 2.87 bits per heavy atom. The molecule has 1 heterocycles. The number of hydrogen-bond acceptors (Lipinski definition) is 1. The molecule has 1 aliphatic rings. The number of nitrogens with two attached hydrogens (primary N) is 1. The summed E-state index contributed by atoms with van der Waals surface area (Å²) in [6, 6.07) is 8.71. The van der Waals surface area contributed by atoms with E-state index in [2.05, 4.69) is 29.2 Å². The second-order valence-electron chi connectivity index (χ2n) is 4.50. The van der Waals surface area contributed by atoms with Crippen molar-refractivity contribution in [2.75, 3.05) is 0 Å². The van der Waals surface area contributed by atoms with Crippen LogP contribution in [0.5, 0.6) is 0 Å². The van der Waals surface area contributed by atoms with Crippen LogP contribution < -0.4 is 5.73 Å². The highest BCUT2D eigenvalue weighted by Crippen LogP contribution is 2.38. The Morgan fingerprint density at radius 1 is 1.27 bits per heavy atom. The van der Waals surface area contributed by atoms with E-state index in [-0.39, 0.29) is 6.04 Å². The number of aromatic nitrogens is 1. The maximum absolute atomic E-state index is 6.31. The van der Waals surface area contributed by atoms with Crippen LogP contribution in [0.15, 0.2) is 30.5 Å². The van der Waals surface area contributed by atoms with Gasteiger partial charge in [-0.05, 0) is 36.5 Å². The van der Waals surface area contributed by atoms with Gasteiger partial charge >= 0.3 is 0 Å². The maximum Gasteiger partial charge on any atom is 0.0457 e. The minimum absolute atomic E-state index is 0.221. The van der Waals surface area contributed by atoms with E-state index in [4.69, 9.17) is 5.73 Å². The van der Waals surface area contributed by atoms with Crippen molar-refractivity contribution >= 4 is 10.9 Å². The van der Waals surface area contributed by atoms with Crippen molar-refractivity contribution in [1.29, 1.82) is 0 Å². The van der Waals surface area contributed by atoms with Crippen LogP contribution in [-0.4, -0.2) is 4.98 Å². The highest BCUT2D eigenvalue weighted by Gasteiger charge is 2.26. The predicted molar refractivity (Wildman–Crippen MR) is 62.6 cm³/mol. The molecule has 0 aliphatic heterocycles. The largest absolute Gasteiger partial charge is 0.361 e. The zero-order chi connectivity index (χ0) is 10.3. The summed E-state index contributed by atoms with van der Waals surface area (Å²) in [5.74, 6) is 0.700. The van der Waals surface area contributed by atoms with Crippen LogP contribution in [0.25, 0.3) is 10.9 Å². The molecule has 0 radical (unpaired) electrons. The Balaban J connectivity index is 2.05. The Bertz CT molecular complexity index is 468. The minimum atomic E-state index is 0.221. The van der Waals surface area contributed by atoms with Crippen molar-refractivity contribution in [3.8, 4) is 0 Å². The van der Waals surface area contributed by atoms with E-state index >= 15 is 0 Å². The van der Waals surface area contributed by atoms with Gasteiger partial charge in [-0.3, -0.25) is 0 Å². The molecule has 2 heteroatoms. The molecule has 3 N–H and O–H groups in total. The molecular formula is C13H16N2. The van der Waals surface area contributed by atoms with Gasteiger partial charge in [0.1, 0.15) is 0 Å². The van der Waals surface area contributed by atoms with Gasteiger partial charge in [-0.15, -0.1) is 0 Å². The lowest BCUT2D eigenvalue weighted by Gasteiger charge is -2.31. The van der Waals surface area contributed by atoms with Gasteiger partial charge in [-0.25, -0.2) is 0 Å². The molecular weight excluding hydrogens is 184 g/mol. The van der Waals surface area contributed by atoms with Crippen molar-refractivity contribution in [2.24, 2.45) is 11.7 Å². The molecule has 0 bridgehead atoms. The van der Waals surface area contributed by atoms with Crippen molar-refractivity contribution in [1.82, 2.24) is 4.98 Å². The molecule has 1 atom stereocenters. The van der Waals surface area contributed by atoms with E-state index in [1.54, 1.807) is 0 Å². The summed E-state index contributed by atoms with van der Waals surface area (Å²) >= 11 is 0. The quantitative estimate of drug-likeness (QED) is 0.768. The monoisotopic (exact) mass is 200 g/mol. The second kappa shape index (κ2) is 3.38. The van der Waals surface area contributed by atoms with Gasteiger partial charge in [0.2, 0.25) is 0 Å². The fourth-order valence-corrected chi connectivity index (χ4v) is 2.45. The van der Waals surface area contributed by atoms with E-state index in [1.165, 1.54) is 35.7 Å². The fraction of sp³-hybridized carbons (Fsp3) is 0.385. The number of hydrogen-bond donors (Lipinski definition) is 2. The fourth-order valence-electron chi connectivity index (χ4n) is 2.45. The third-order valence-electron chi connectivity index (χ3n) is 3.65. The maximum atomic E-state index is 6.31. The number of benzene rings is 1. The molecule has 0 unspecified atom stereocenters. The Morgan fingerprint density at radius 2 is 2.13 bits per heavy atom. The van der Waals surface area contributed by atoms with E-state index in [1.807, 2.05) is 6.20 Å². The predicted octanol–water partition coefficient (Wildman–Crippen LogP) is 2.97. The van der Waals surface area contributed by atoms with Gasteiger partial charge in [0, 0.05) is 23.1 Å². The van der Waals surface area contributed by atoms with Gasteiger partial charge in [-0.1, -0.05) is 18.6 Å². The van der Waals surface area contributed by atoms with Crippen LogP contribution in [0.3, 0.4) is 0 Å². The average Bonchev–Trinajstić information content (AvgIpc) is 2.61. The number of fused-ring (bicyclic) bond motifs is 1. The minimum Gasteiger partial charge on any atom is -0.361 e. The summed E-state index contributed by atoms with van der Waals surface area (Å²) in [5, 5.41) is 1.29. The van der Waals surface area contributed by atoms with E-state index < -0.39 is 0 Å². The lowest BCUT2D eigenvalue weighted by atomic mass is 9.77. The standard InChI is InChI=1S/C13H16N2/c14-13(9-3-1-4-9)11-5-2-6-12-10(11)7-8-15-12/h2,5-9,13,15H,1,3-4,14H2/t13-/m1/s1. The van der Waals surface area contributed by atoms with Gasteiger partial charge in [0.15, 0.2) is 0 Å². The number of rotatable bonds is 2. The molecule has 0 amide bonds. The van der Waals surface area contributed by atoms with E-state index in [0.29, 0.717) is 5.92 Å². The normalized spacial score (nSPS) is 19.0. The lowest BCUT2D eigenvalue weighted by Crippen LogP contribution is -2.26.